The zero-order valence-electron chi connectivity index (χ0n) is 12.2. The summed E-state index contributed by atoms with van der Waals surface area (Å²) < 4.78 is 19.9. The van der Waals surface area contributed by atoms with E-state index in [1.54, 1.807) is 12.1 Å². The van der Waals surface area contributed by atoms with Gasteiger partial charge in [-0.05, 0) is 29.3 Å². The van der Waals surface area contributed by atoms with Crippen LogP contribution in [0.25, 0.3) is 0 Å². The maximum atomic E-state index is 13.6. The summed E-state index contributed by atoms with van der Waals surface area (Å²) in [6.45, 7) is 5.44. The monoisotopic (exact) mass is 351 g/mol. The molecule has 112 valence electrons. The van der Waals surface area contributed by atoms with Crippen molar-refractivity contribution in [3.8, 4) is 5.75 Å². The lowest BCUT2D eigenvalue weighted by atomic mass is 10.1. The van der Waals surface area contributed by atoms with Gasteiger partial charge in [-0.15, -0.1) is 0 Å². The predicted octanol–water partition coefficient (Wildman–Crippen LogP) is 4.67. The van der Waals surface area contributed by atoms with E-state index in [0.29, 0.717) is 12.6 Å². The molecule has 2 nitrogen and oxygen atoms in total. The number of hydrogen-bond donors (Lipinski definition) is 1. The fraction of sp³-hybridized carbons (Fsp3) is 0.294. The fourth-order valence-electron chi connectivity index (χ4n) is 1.82. The topological polar surface area (TPSA) is 21.3 Å². The van der Waals surface area contributed by atoms with Crippen LogP contribution in [0.3, 0.4) is 0 Å². The van der Waals surface area contributed by atoms with Gasteiger partial charge in [0.15, 0.2) is 11.6 Å². The number of benzene rings is 2. The summed E-state index contributed by atoms with van der Waals surface area (Å²) in [7, 11) is 0. The van der Waals surface area contributed by atoms with Gasteiger partial charge in [0, 0.05) is 17.1 Å². The Labute approximate surface area is 133 Å². The van der Waals surface area contributed by atoms with E-state index in [1.165, 1.54) is 11.6 Å². The Kier molecular flexibility index (Phi) is 5.76. The molecule has 2 aromatic rings. The summed E-state index contributed by atoms with van der Waals surface area (Å²) in [5.74, 6) is -0.0918. The lowest BCUT2D eigenvalue weighted by Crippen LogP contribution is -2.21. The Morgan fingerprint density at radius 1 is 1.10 bits per heavy atom. The minimum Gasteiger partial charge on any atom is -0.486 e. The summed E-state index contributed by atoms with van der Waals surface area (Å²) in [4.78, 5) is 0. The molecule has 0 aliphatic carbocycles. The predicted molar refractivity (Wildman–Crippen MR) is 86.8 cm³/mol. The zero-order valence-corrected chi connectivity index (χ0v) is 13.8. The van der Waals surface area contributed by atoms with E-state index in [2.05, 4.69) is 47.2 Å². The molecule has 2 rings (SSSR count). The molecule has 0 aromatic heterocycles. The van der Waals surface area contributed by atoms with E-state index < -0.39 is 0 Å². The van der Waals surface area contributed by atoms with Crippen molar-refractivity contribution in [2.75, 3.05) is 0 Å². The average Bonchev–Trinajstić information content (AvgIpc) is 2.47. The van der Waals surface area contributed by atoms with E-state index in [-0.39, 0.29) is 11.6 Å². The SMILES string of the molecule is CC(C)NCc1ccc(COc2cc(Br)ccc2F)cc1. The summed E-state index contributed by atoms with van der Waals surface area (Å²) in [6, 6.07) is 13.3. The lowest BCUT2D eigenvalue weighted by Gasteiger charge is -2.10. The molecule has 0 spiro atoms. The third kappa shape index (κ3) is 5.14. The summed E-state index contributed by atoms with van der Waals surface area (Å²) >= 11 is 3.31. The van der Waals surface area contributed by atoms with E-state index in [4.69, 9.17) is 4.74 Å². The lowest BCUT2D eigenvalue weighted by molar-refractivity contribution is 0.290. The molecule has 4 heteroatoms. The maximum absolute atomic E-state index is 13.6. The smallest absolute Gasteiger partial charge is 0.165 e. The van der Waals surface area contributed by atoms with Crippen LogP contribution in [-0.2, 0) is 13.2 Å². The molecule has 2 aromatic carbocycles. The summed E-state index contributed by atoms with van der Waals surface area (Å²) in [5.41, 5.74) is 2.24. The fourth-order valence-corrected chi connectivity index (χ4v) is 2.16. The molecule has 0 heterocycles. The van der Waals surface area contributed by atoms with Crippen molar-refractivity contribution < 1.29 is 9.13 Å². The molecular weight excluding hydrogens is 333 g/mol. The molecule has 0 aliphatic heterocycles. The maximum Gasteiger partial charge on any atom is 0.165 e. The van der Waals surface area contributed by atoms with Crippen molar-refractivity contribution in [2.45, 2.75) is 33.0 Å². The number of nitrogens with one attached hydrogen (secondary N) is 1. The quantitative estimate of drug-likeness (QED) is 0.816. The highest BCUT2D eigenvalue weighted by Crippen LogP contribution is 2.23. The van der Waals surface area contributed by atoms with Gasteiger partial charge >= 0.3 is 0 Å². The molecule has 0 amide bonds. The van der Waals surface area contributed by atoms with Crippen molar-refractivity contribution in [1.82, 2.24) is 5.32 Å². The first-order chi connectivity index (χ1) is 10.0. The van der Waals surface area contributed by atoms with Crippen LogP contribution in [0, 0.1) is 5.82 Å². The number of rotatable bonds is 6. The number of hydrogen-bond acceptors (Lipinski definition) is 2. The highest BCUT2D eigenvalue weighted by atomic mass is 79.9. The number of halogens is 2. The van der Waals surface area contributed by atoms with Gasteiger partial charge in [-0.25, -0.2) is 4.39 Å². The van der Waals surface area contributed by atoms with Crippen LogP contribution >= 0.6 is 15.9 Å². The van der Waals surface area contributed by atoms with Gasteiger partial charge in [-0.2, -0.15) is 0 Å². The van der Waals surface area contributed by atoms with E-state index in [0.717, 1.165) is 16.6 Å². The standard InChI is InChI=1S/C17H19BrFNO/c1-12(2)20-10-13-3-5-14(6-4-13)11-21-17-9-15(18)7-8-16(17)19/h3-9,12,20H,10-11H2,1-2H3. The van der Waals surface area contributed by atoms with Crippen LogP contribution in [-0.4, -0.2) is 6.04 Å². The van der Waals surface area contributed by atoms with Crippen molar-refractivity contribution in [2.24, 2.45) is 0 Å². The van der Waals surface area contributed by atoms with Gasteiger partial charge in [-0.1, -0.05) is 54.0 Å². The van der Waals surface area contributed by atoms with Crippen molar-refractivity contribution >= 4 is 15.9 Å². The second-order valence-electron chi connectivity index (χ2n) is 5.22. The molecule has 0 radical (unpaired) electrons. The molecule has 0 saturated carbocycles. The first-order valence-electron chi connectivity index (χ1n) is 6.93. The molecular formula is C17H19BrFNO. The first kappa shape index (κ1) is 16.0. The Balaban J connectivity index is 1.93. The van der Waals surface area contributed by atoms with Gasteiger partial charge in [0.05, 0.1) is 0 Å². The van der Waals surface area contributed by atoms with Crippen molar-refractivity contribution in [1.29, 1.82) is 0 Å². The Morgan fingerprint density at radius 2 is 1.76 bits per heavy atom. The van der Waals surface area contributed by atoms with Gasteiger partial charge in [-0.3, -0.25) is 0 Å². The zero-order chi connectivity index (χ0) is 15.2. The minimum absolute atomic E-state index is 0.259. The Bertz CT molecular complexity index is 584. The molecule has 21 heavy (non-hydrogen) atoms. The van der Waals surface area contributed by atoms with Crippen LogP contribution < -0.4 is 10.1 Å². The minimum atomic E-state index is -0.351. The van der Waals surface area contributed by atoms with Crippen molar-refractivity contribution in [3.63, 3.8) is 0 Å². The van der Waals surface area contributed by atoms with Crippen LogP contribution in [0.15, 0.2) is 46.9 Å². The van der Waals surface area contributed by atoms with Crippen LogP contribution in [0.5, 0.6) is 5.75 Å². The molecule has 0 atom stereocenters. The normalized spacial score (nSPS) is 10.9. The molecule has 1 N–H and O–H groups in total. The van der Waals surface area contributed by atoms with Crippen LogP contribution in [0.4, 0.5) is 4.39 Å². The molecule has 0 bridgehead atoms. The van der Waals surface area contributed by atoms with E-state index in [9.17, 15) is 4.39 Å². The molecule has 0 fully saturated rings. The van der Waals surface area contributed by atoms with Crippen LogP contribution in [0.2, 0.25) is 0 Å². The molecule has 0 unspecified atom stereocenters. The molecule has 0 aliphatic rings. The highest BCUT2D eigenvalue weighted by Gasteiger charge is 2.04. The summed E-state index contributed by atoms with van der Waals surface area (Å²) in [5, 5.41) is 3.37. The molecule has 0 saturated heterocycles. The van der Waals surface area contributed by atoms with E-state index >= 15 is 0 Å². The van der Waals surface area contributed by atoms with Gasteiger partial charge in [0.25, 0.3) is 0 Å². The third-order valence-electron chi connectivity index (χ3n) is 3.02. The number of ether oxygens (including phenoxy) is 1. The van der Waals surface area contributed by atoms with Gasteiger partial charge in [0.1, 0.15) is 6.61 Å². The van der Waals surface area contributed by atoms with E-state index in [1.807, 2.05) is 12.1 Å². The average molecular weight is 352 g/mol. The third-order valence-corrected chi connectivity index (χ3v) is 3.52. The second-order valence-corrected chi connectivity index (χ2v) is 6.13. The Morgan fingerprint density at radius 3 is 2.43 bits per heavy atom. The summed E-state index contributed by atoms with van der Waals surface area (Å²) in [6.07, 6.45) is 0. The first-order valence-corrected chi connectivity index (χ1v) is 7.73. The second kappa shape index (κ2) is 7.57. The highest BCUT2D eigenvalue weighted by molar-refractivity contribution is 9.10. The van der Waals surface area contributed by atoms with Crippen LogP contribution in [0.1, 0.15) is 25.0 Å². The van der Waals surface area contributed by atoms with Crippen molar-refractivity contribution in [3.05, 3.63) is 63.9 Å². The van der Waals surface area contributed by atoms with Gasteiger partial charge in [0.2, 0.25) is 0 Å². The largest absolute Gasteiger partial charge is 0.486 e. The Hall–Kier alpha value is -1.39. The van der Waals surface area contributed by atoms with Gasteiger partial charge < -0.3 is 10.1 Å².